The van der Waals surface area contributed by atoms with Gasteiger partial charge < -0.3 is 15.2 Å². The second-order valence-corrected chi connectivity index (χ2v) is 8.60. The second-order valence-electron chi connectivity index (χ2n) is 8.60. The molecule has 0 saturated carbocycles. The molecule has 3 aromatic carbocycles. The molecule has 0 saturated heterocycles. The average molecular weight is 452 g/mol. The average Bonchev–Trinajstić information content (AvgIpc) is 3.21. The zero-order valence-corrected chi connectivity index (χ0v) is 20.2. The topological polar surface area (TPSA) is 51.3 Å². The van der Waals surface area contributed by atoms with E-state index in [2.05, 4.69) is 96.1 Å². The molecule has 4 nitrogen and oxygen atoms in total. The van der Waals surface area contributed by atoms with Gasteiger partial charge in [0.1, 0.15) is 0 Å². The fraction of sp³-hybridized carbons (Fsp3) is 0.233. The van der Waals surface area contributed by atoms with Crippen LogP contribution in [0, 0.1) is 6.92 Å². The number of amides is 1. The lowest BCUT2D eigenvalue weighted by Gasteiger charge is -2.23. The summed E-state index contributed by atoms with van der Waals surface area (Å²) in [5, 5.41) is 0. The standard InChI is InChI=1S/C30H33N3O/c1-4-32(5-2)26-18-16-25(17-19-26)29-20-27(30(31)34)22(3)33(29)21-28(23-12-8-6-9-13-23)24-14-10-7-11-15-24/h6-20,28H,4-5,21H2,1-3H3,(H2,31,34). The molecule has 0 aliphatic rings. The van der Waals surface area contributed by atoms with Gasteiger partial charge in [0, 0.05) is 42.6 Å². The number of carbonyl (C=O) groups excluding carboxylic acids is 1. The van der Waals surface area contributed by atoms with Crippen LogP contribution in [0.15, 0.2) is 91.0 Å². The van der Waals surface area contributed by atoms with Gasteiger partial charge in [0.05, 0.1) is 5.56 Å². The van der Waals surface area contributed by atoms with E-state index < -0.39 is 5.91 Å². The molecule has 4 heteroatoms. The molecule has 0 unspecified atom stereocenters. The van der Waals surface area contributed by atoms with Crippen molar-refractivity contribution in [3.05, 3.63) is 113 Å². The van der Waals surface area contributed by atoms with Crippen molar-refractivity contribution in [2.75, 3.05) is 18.0 Å². The molecule has 2 N–H and O–H groups in total. The molecule has 174 valence electrons. The highest BCUT2D eigenvalue weighted by Gasteiger charge is 2.22. The molecule has 4 aromatic rings. The lowest BCUT2D eigenvalue weighted by molar-refractivity contribution is 0.0999. The van der Waals surface area contributed by atoms with Crippen molar-refractivity contribution in [1.29, 1.82) is 0 Å². The van der Waals surface area contributed by atoms with Gasteiger partial charge in [-0.3, -0.25) is 4.79 Å². The minimum absolute atomic E-state index is 0.142. The molecule has 1 aromatic heterocycles. The van der Waals surface area contributed by atoms with Crippen LogP contribution in [0.3, 0.4) is 0 Å². The zero-order chi connectivity index (χ0) is 24.1. The predicted octanol–water partition coefficient (Wildman–Crippen LogP) is 6.24. The van der Waals surface area contributed by atoms with Gasteiger partial charge in [-0.2, -0.15) is 0 Å². The van der Waals surface area contributed by atoms with Gasteiger partial charge >= 0.3 is 0 Å². The van der Waals surface area contributed by atoms with Crippen molar-refractivity contribution in [2.45, 2.75) is 33.2 Å². The summed E-state index contributed by atoms with van der Waals surface area (Å²) in [7, 11) is 0. The van der Waals surface area contributed by atoms with Crippen LogP contribution in [0.2, 0.25) is 0 Å². The highest BCUT2D eigenvalue weighted by atomic mass is 16.1. The number of nitrogens with two attached hydrogens (primary N) is 1. The summed E-state index contributed by atoms with van der Waals surface area (Å²) in [5.41, 5.74) is 13.0. The number of rotatable bonds is 9. The Morgan fingerprint density at radius 1 is 0.853 bits per heavy atom. The maximum Gasteiger partial charge on any atom is 0.250 e. The molecular weight excluding hydrogens is 418 g/mol. The number of aromatic nitrogens is 1. The maximum absolute atomic E-state index is 12.3. The number of benzene rings is 3. The van der Waals surface area contributed by atoms with Crippen molar-refractivity contribution < 1.29 is 4.79 Å². The van der Waals surface area contributed by atoms with Gasteiger partial charge in [0.25, 0.3) is 5.91 Å². The molecular formula is C30H33N3O. The third-order valence-electron chi connectivity index (χ3n) is 6.69. The summed E-state index contributed by atoms with van der Waals surface area (Å²) in [4.78, 5) is 14.6. The van der Waals surface area contributed by atoms with Gasteiger partial charge in [-0.25, -0.2) is 0 Å². The van der Waals surface area contributed by atoms with Crippen molar-refractivity contribution >= 4 is 11.6 Å². The van der Waals surface area contributed by atoms with E-state index >= 15 is 0 Å². The van der Waals surface area contributed by atoms with E-state index in [0.29, 0.717) is 12.1 Å². The SMILES string of the molecule is CCN(CC)c1ccc(-c2cc(C(N)=O)c(C)n2CC(c2ccccc2)c2ccccc2)cc1. The molecule has 0 atom stereocenters. The van der Waals surface area contributed by atoms with Gasteiger partial charge in [-0.15, -0.1) is 0 Å². The van der Waals surface area contributed by atoms with Crippen LogP contribution in [0.5, 0.6) is 0 Å². The first-order chi connectivity index (χ1) is 16.5. The largest absolute Gasteiger partial charge is 0.372 e. The lowest BCUT2D eigenvalue weighted by Crippen LogP contribution is -2.21. The Balaban J connectivity index is 1.80. The number of nitrogens with zero attached hydrogens (tertiary/aromatic N) is 2. The fourth-order valence-corrected chi connectivity index (χ4v) is 4.76. The number of anilines is 1. The van der Waals surface area contributed by atoms with E-state index in [-0.39, 0.29) is 5.92 Å². The minimum Gasteiger partial charge on any atom is -0.372 e. The number of primary amides is 1. The van der Waals surface area contributed by atoms with Crippen molar-refractivity contribution in [3.63, 3.8) is 0 Å². The van der Waals surface area contributed by atoms with Crippen LogP contribution < -0.4 is 10.6 Å². The Bertz CT molecular complexity index is 1180. The number of carbonyl (C=O) groups is 1. The van der Waals surface area contributed by atoms with E-state index in [1.165, 1.54) is 16.8 Å². The summed E-state index contributed by atoms with van der Waals surface area (Å²) >= 11 is 0. The second kappa shape index (κ2) is 10.4. The van der Waals surface area contributed by atoms with Crippen molar-refractivity contribution in [3.8, 4) is 11.3 Å². The van der Waals surface area contributed by atoms with E-state index in [9.17, 15) is 4.79 Å². The first kappa shape index (κ1) is 23.4. The smallest absolute Gasteiger partial charge is 0.250 e. The van der Waals surface area contributed by atoms with E-state index in [1.54, 1.807) is 0 Å². The van der Waals surface area contributed by atoms with E-state index in [1.807, 2.05) is 25.1 Å². The van der Waals surface area contributed by atoms with E-state index in [0.717, 1.165) is 30.0 Å². The highest BCUT2D eigenvalue weighted by Crippen LogP contribution is 2.33. The predicted molar refractivity (Wildman–Crippen MR) is 141 cm³/mol. The highest BCUT2D eigenvalue weighted by molar-refractivity contribution is 5.95. The quantitative estimate of drug-likeness (QED) is 0.327. The summed E-state index contributed by atoms with van der Waals surface area (Å²) in [6.45, 7) is 8.96. The molecule has 0 bridgehead atoms. The Kier molecular flexibility index (Phi) is 7.17. The van der Waals surface area contributed by atoms with Crippen LogP contribution in [0.1, 0.15) is 46.9 Å². The molecule has 0 aliphatic carbocycles. The van der Waals surface area contributed by atoms with Gasteiger partial charge in [-0.05, 0) is 55.7 Å². The molecule has 0 aliphatic heterocycles. The molecule has 0 radical (unpaired) electrons. The molecule has 1 amide bonds. The summed E-state index contributed by atoms with van der Waals surface area (Å²) in [6.07, 6.45) is 0. The van der Waals surface area contributed by atoms with Crippen LogP contribution in [0.25, 0.3) is 11.3 Å². The number of hydrogen-bond donors (Lipinski definition) is 1. The maximum atomic E-state index is 12.3. The first-order valence-electron chi connectivity index (χ1n) is 12.0. The van der Waals surface area contributed by atoms with Crippen LogP contribution >= 0.6 is 0 Å². The third-order valence-corrected chi connectivity index (χ3v) is 6.69. The molecule has 0 fully saturated rings. The van der Waals surface area contributed by atoms with Gasteiger partial charge in [0.2, 0.25) is 0 Å². The monoisotopic (exact) mass is 451 g/mol. The zero-order valence-electron chi connectivity index (χ0n) is 20.2. The summed E-state index contributed by atoms with van der Waals surface area (Å²) < 4.78 is 2.25. The van der Waals surface area contributed by atoms with Gasteiger partial charge in [-0.1, -0.05) is 72.8 Å². The van der Waals surface area contributed by atoms with Crippen LogP contribution in [-0.4, -0.2) is 23.6 Å². The number of hydrogen-bond acceptors (Lipinski definition) is 2. The van der Waals surface area contributed by atoms with E-state index in [4.69, 9.17) is 5.73 Å². The van der Waals surface area contributed by atoms with Crippen molar-refractivity contribution in [2.24, 2.45) is 5.73 Å². The van der Waals surface area contributed by atoms with Gasteiger partial charge in [0.15, 0.2) is 0 Å². The normalized spacial score (nSPS) is 11.1. The lowest BCUT2D eigenvalue weighted by atomic mass is 9.91. The Hall–Kier alpha value is -3.79. The third kappa shape index (κ3) is 4.76. The fourth-order valence-electron chi connectivity index (χ4n) is 4.76. The Morgan fingerprint density at radius 3 is 1.85 bits per heavy atom. The Morgan fingerprint density at radius 2 is 1.38 bits per heavy atom. The molecule has 34 heavy (non-hydrogen) atoms. The molecule has 0 spiro atoms. The van der Waals surface area contributed by atoms with Crippen LogP contribution in [-0.2, 0) is 6.54 Å². The first-order valence-corrected chi connectivity index (χ1v) is 12.0. The Labute approximate surface area is 202 Å². The summed E-state index contributed by atoms with van der Waals surface area (Å²) in [6, 6.07) is 31.6. The molecule has 1 heterocycles. The summed E-state index contributed by atoms with van der Waals surface area (Å²) in [5.74, 6) is -0.254. The minimum atomic E-state index is -0.395. The van der Waals surface area contributed by atoms with Crippen LogP contribution in [0.4, 0.5) is 5.69 Å². The molecule has 4 rings (SSSR count). The van der Waals surface area contributed by atoms with Crippen molar-refractivity contribution in [1.82, 2.24) is 4.57 Å².